The van der Waals surface area contributed by atoms with E-state index in [1.165, 1.54) is 13.2 Å². The fourth-order valence-corrected chi connectivity index (χ4v) is 3.47. The molecule has 0 aliphatic carbocycles. The Balaban J connectivity index is 2.04. The monoisotopic (exact) mass is 257 g/mol. The summed E-state index contributed by atoms with van der Waals surface area (Å²) < 4.78 is 27.9. The van der Waals surface area contributed by atoms with Crippen LogP contribution in [0.3, 0.4) is 0 Å². The molecule has 1 saturated heterocycles. The molecule has 6 heteroatoms. The van der Waals surface area contributed by atoms with Gasteiger partial charge in [-0.05, 0) is 19.8 Å². The molecule has 1 aromatic heterocycles. The predicted octanol–water partition coefficient (Wildman–Crippen LogP) is 1.10. The number of Topliss-reactive ketones (excluding diaryl/α,β-unsaturated/α-hetero) is 1. The van der Waals surface area contributed by atoms with Crippen LogP contribution in [-0.2, 0) is 21.1 Å². The number of hydrogen-bond donors (Lipinski definition) is 0. The fraction of sp³-hybridized carbons (Fsp3) is 0.636. The van der Waals surface area contributed by atoms with Crippen molar-refractivity contribution in [3.8, 4) is 0 Å². The summed E-state index contributed by atoms with van der Waals surface area (Å²) in [5, 5.41) is 0. The number of aromatic nitrogens is 1. The molecule has 1 fully saturated rings. The molecule has 2 heterocycles. The molecule has 0 atom stereocenters. The summed E-state index contributed by atoms with van der Waals surface area (Å²) >= 11 is 0. The molecule has 1 aromatic rings. The van der Waals surface area contributed by atoms with Crippen LogP contribution >= 0.6 is 0 Å². The molecule has 94 valence electrons. The van der Waals surface area contributed by atoms with Gasteiger partial charge in [0, 0.05) is 5.92 Å². The van der Waals surface area contributed by atoms with Crippen LogP contribution < -0.4 is 0 Å². The van der Waals surface area contributed by atoms with E-state index in [0.29, 0.717) is 24.4 Å². The highest BCUT2D eigenvalue weighted by Gasteiger charge is 2.27. The number of carbonyl (C=O) groups is 1. The summed E-state index contributed by atoms with van der Waals surface area (Å²) in [6, 6.07) is 0. The van der Waals surface area contributed by atoms with Crippen LogP contribution in [0.1, 0.15) is 37.3 Å². The number of carbonyl (C=O) groups excluding carboxylic acids is 1. The normalized spacial score (nSPS) is 20.3. The average Bonchev–Trinajstić information content (AvgIpc) is 2.65. The van der Waals surface area contributed by atoms with Gasteiger partial charge < -0.3 is 4.42 Å². The minimum Gasteiger partial charge on any atom is -0.448 e. The maximum Gasteiger partial charge on any atom is 0.197 e. The summed E-state index contributed by atoms with van der Waals surface area (Å²) in [5.74, 6) is 1.07. The van der Waals surface area contributed by atoms with E-state index in [9.17, 15) is 13.2 Å². The lowest BCUT2D eigenvalue weighted by atomic mass is 10.0. The summed E-state index contributed by atoms with van der Waals surface area (Å²) in [7, 11) is -2.86. The first-order valence-corrected chi connectivity index (χ1v) is 7.42. The van der Waals surface area contributed by atoms with E-state index in [1.807, 2.05) is 0 Å². The van der Waals surface area contributed by atoms with Crippen LogP contribution in [-0.4, -0.2) is 30.7 Å². The molecule has 0 saturated carbocycles. The summed E-state index contributed by atoms with van der Waals surface area (Å²) in [6.45, 7) is 1.50. The van der Waals surface area contributed by atoms with Gasteiger partial charge >= 0.3 is 0 Å². The molecule has 0 amide bonds. The van der Waals surface area contributed by atoms with Crippen LogP contribution in [0.2, 0.25) is 0 Å². The van der Waals surface area contributed by atoms with Crippen molar-refractivity contribution in [2.45, 2.75) is 32.1 Å². The largest absolute Gasteiger partial charge is 0.448 e. The maximum atomic E-state index is 11.3. The molecule has 0 radical (unpaired) electrons. The Morgan fingerprint density at radius 2 is 2.12 bits per heavy atom. The van der Waals surface area contributed by atoms with Gasteiger partial charge in [-0.3, -0.25) is 4.79 Å². The second-order valence-corrected chi connectivity index (χ2v) is 6.79. The molecule has 0 unspecified atom stereocenters. The Labute approximate surface area is 100 Å². The van der Waals surface area contributed by atoms with Crippen LogP contribution in [0, 0.1) is 0 Å². The van der Waals surface area contributed by atoms with E-state index in [1.54, 1.807) is 0 Å². The van der Waals surface area contributed by atoms with E-state index < -0.39 is 9.84 Å². The van der Waals surface area contributed by atoms with Gasteiger partial charge in [0.1, 0.15) is 21.9 Å². The van der Waals surface area contributed by atoms with E-state index in [4.69, 9.17) is 4.42 Å². The third kappa shape index (κ3) is 3.15. The van der Waals surface area contributed by atoms with Gasteiger partial charge in [0.2, 0.25) is 0 Å². The SMILES string of the molecule is CC(=O)Cc1coc(C2CCS(=O)(=O)CC2)n1. The molecule has 1 aliphatic heterocycles. The minimum atomic E-state index is -2.86. The number of oxazole rings is 1. The molecule has 0 spiro atoms. The zero-order valence-electron chi connectivity index (χ0n) is 9.68. The van der Waals surface area contributed by atoms with Crippen molar-refractivity contribution in [2.24, 2.45) is 0 Å². The molecule has 5 nitrogen and oxygen atoms in total. The average molecular weight is 257 g/mol. The standard InChI is InChI=1S/C11H15NO4S/c1-8(13)6-10-7-16-11(12-10)9-2-4-17(14,15)5-3-9/h7,9H,2-6H2,1H3. The van der Waals surface area contributed by atoms with Crippen LogP contribution in [0.4, 0.5) is 0 Å². The maximum absolute atomic E-state index is 11.3. The number of hydrogen-bond acceptors (Lipinski definition) is 5. The topological polar surface area (TPSA) is 77.2 Å². The summed E-state index contributed by atoms with van der Waals surface area (Å²) in [6.07, 6.45) is 2.87. The molecular formula is C11H15NO4S. The van der Waals surface area contributed by atoms with Crippen molar-refractivity contribution in [2.75, 3.05) is 11.5 Å². The van der Waals surface area contributed by atoms with Crippen molar-refractivity contribution >= 4 is 15.6 Å². The number of ketones is 1. The van der Waals surface area contributed by atoms with Crippen molar-refractivity contribution in [1.29, 1.82) is 0 Å². The first kappa shape index (κ1) is 12.3. The molecule has 0 bridgehead atoms. The lowest BCUT2D eigenvalue weighted by Crippen LogP contribution is -2.22. The first-order valence-electron chi connectivity index (χ1n) is 5.60. The molecule has 0 N–H and O–H groups in total. The Morgan fingerprint density at radius 1 is 1.47 bits per heavy atom. The van der Waals surface area contributed by atoms with E-state index >= 15 is 0 Å². The highest BCUT2D eigenvalue weighted by molar-refractivity contribution is 7.91. The van der Waals surface area contributed by atoms with Gasteiger partial charge in [-0.25, -0.2) is 13.4 Å². The third-order valence-corrected chi connectivity index (χ3v) is 4.62. The smallest absolute Gasteiger partial charge is 0.197 e. The minimum absolute atomic E-state index is 0.0380. The Kier molecular flexibility index (Phi) is 3.33. The van der Waals surface area contributed by atoms with Crippen molar-refractivity contribution in [1.82, 2.24) is 4.98 Å². The van der Waals surface area contributed by atoms with Crippen molar-refractivity contribution in [3.63, 3.8) is 0 Å². The van der Waals surface area contributed by atoms with Gasteiger partial charge in [-0.1, -0.05) is 0 Å². The second kappa shape index (κ2) is 4.60. The highest BCUT2D eigenvalue weighted by atomic mass is 32.2. The van der Waals surface area contributed by atoms with E-state index in [-0.39, 0.29) is 29.6 Å². The third-order valence-electron chi connectivity index (χ3n) is 2.90. The summed E-state index contributed by atoms with van der Waals surface area (Å²) in [5.41, 5.74) is 0.626. The van der Waals surface area contributed by atoms with Gasteiger partial charge in [0.05, 0.1) is 23.6 Å². The number of sulfone groups is 1. The zero-order chi connectivity index (χ0) is 12.5. The molecule has 0 aromatic carbocycles. The van der Waals surface area contributed by atoms with Gasteiger partial charge in [-0.15, -0.1) is 0 Å². The van der Waals surface area contributed by atoms with Crippen LogP contribution in [0.25, 0.3) is 0 Å². The summed E-state index contributed by atoms with van der Waals surface area (Å²) in [4.78, 5) is 15.2. The highest BCUT2D eigenvalue weighted by Crippen LogP contribution is 2.28. The van der Waals surface area contributed by atoms with Crippen molar-refractivity contribution < 1.29 is 17.6 Å². The van der Waals surface area contributed by atoms with Crippen LogP contribution in [0.5, 0.6) is 0 Å². The molecule has 17 heavy (non-hydrogen) atoms. The molecular weight excluding hydrogens is 242 g/mol. The predicted molar refractivity (Wildman–Crippen MR) is 61.5 cm³/mol. The first-order chi connectivity index (χ1) is 7.96. The second-order valence-electron chi connectivity index (χ2n) is 4.48. The molecule has 1 aliphatic rings. The van der Waals surface area contributed by atoms with E-state index in [0.717, 1.165) is 0 Å². The number of rotatable bonds is 3. The van der Waals surface area contributed by atoms with E-state index in [2.05, 4.69) is 4.98 Å². The number of nitrogens with zero attached hydrogens (tertiary/aromatic N) is 1. The van der Waals surface area contributed by atoms with Gasteiger partial charge in [0.15, 0.2) is 5.89 Å². The Hall–Kier alpha value is -1.17. The van der Waals surface area contributed by atoms with Crippen molar-refractivity contribution in [3.05, 3.63) is 17.8 Å². The lowest BCUT2D eigenvalue weighted by Gasteiger charge is -2.18. The molecule has 2 rings (SSSR count). The Bertz CT molecular complexity index is 503. The van der Waals surface area contributed by atoms with Crippen LogP contribution in [0.15, 0.2) is 10.7 Å². The lowest BCUT2D eigenvalue weighted by molar-refractivity contribution is -0.116. The fourth-order valence-electron chi connectivity index (χ4n) is 1.98. The Morgan fingerprint density at radius 3 is 2.71 bits per heavy atom. The zero-order valence-corrected chi connectivity index (χ0v) is 10.5. The van der Waals surface area contributed by atoms with Gasteiger partial charge in [-0.2, -0.15) is 0 Å². The van der Waals surface area contributed by atoms with Gasteiger partial charge in [0.25, 0.3) is 0 Å². The quantitative estimate of drug-likeness (QED) is 0.810.